The topological polar surface area (TPSA) is 60.9 Å². The number of fused-ring (bicyclic) bond motifs is 3. The fourth-order valence-corrected chi connectivity index (χ4v) is 4.34. The van der Waals surface area contributed by atoms with Crippen molar-refractivity contribution in [2.75, 3.05) is 18.1 Å². The molecule has 1 N–H and O–H groups in total. The van der Waals surface area contributed by atoms with Gasteiger partial charge >= 0.3 is 0 Å². The average molecular weight is 328 g/mol. The summed E-state index contributed by atoms with van der Waals surface area (Å²) < 4.78 is 0. The molecule has 1 saturated heterocycles. The molecule has 1 aromatic carbocycles. The van der Waals surface area contributed by atoms with Gasteiger partial charge in [-0.05, 0) is 30.4 Å². The highest BCUT2D eigenvalue weighted by Gasteiger charge is 2.55. The molecule has 2 aliphatic heterocycles. The van der Waals surface area contributed by atoms with Crippen LogP contribution in [0.1, 0.15) is 44.1 Å². The third kappa shape index (κ3) is 2.34. The zero-order valence-corrected chi connectivity index (χ0v) is 14.0. The molecule has 5 heteroatoms. The van der Waals surface area contributed by atoms with E-state index in [0.717, 1.165) is 24.1 Å². The second-order valence-electron chi connectivity index (χ2n) is 7.21. The summed E-state index contributed by atoms with van der Waals surface area (Å²) in [6.07, 6.45) is 3.32. The fourth-order valence-electron chi connectivity index (χ4n) is 4.34. The van der Waals surface area contributed by atoms with Crippen LogP contribution in [0, 0.1) is 5.92 Å². The Bertz CT molecular complexity index is 670. The van der Waals surface area contributed by atoms with Crippen molar-refractivity contribution >= 4 is 17.5 Å². The predicted octanol–water partition coefficient (Wildman–Crippen LogP) is 1.90. The number of hydrogen-bond donors (Lipinski definition) is 1. The number of amides is 2. The lowest BCUT2D eigenvalue weighted by Gasteiger charge is -2.59. The van der Waals surface area contributed by atoms with Gasteiger partial charge in [-0.25, -0.2) is 0 Å². The van der Waals surface area contributed by atoms with E-state index in [1.165, 1.54) is 0 Å². The number of benzene rings is 1. The number of anilines is 1. The molecule has 1 saturated carbocycles. The van der Waals surface area contributed by atoms with E-state index in [-0.39, 0.29) is 36.4 Å². The van der Waals surface area contributed by atoms with Crippen LogP contribution in [0.15, 0.2) is 24.3 Å². The zero-order valence-electron chi connectivity index (χ0n) is 14.0. The Morgan fingerprint density at radius 2 is 1.96 bits per heavy atom. The Morgan fingerprint density at radius 3 is 2.62 bits per heavy atom. The highest BCUT2D eigenvalue weighted by Crippen LogP contribution is 2.49. The number of aliphatic hydroxyl groups excluding tert-OH is 1. The summed E-state index contributed by atoms with van der Waals surface area (Å²) in [6, 6.07) is 7.77. The lowest BCUT2D eigenvalue weighted by molar-refractivity contribution is -0.151. The summed E-state index contributed by atoms with van der Waals surface area (Å²) in [7, 11) is 0. The molecule has 0 unspecified atom stereocenters. The number of hydrogen-bond acceptors (Lipinski definition) is 3. The normalized spacial score (nSPS) is 28.0. The van der Waals surface area contributed by atoms with Gasteiger partial charge in [-0.15, -0.1) is 0 Å². The first-order valence-electron chi connectivity index (χ1n) is 8.97. The Morgan fingerprint density at radius 1 is 1.21 bits per heavy atom. The summed E-state index contributed by atoms with van der Waals surface area (Å²) >= 11 is 0. The third-order valence-electron chi connectivity index (χ3n) is 5.74. The van der Waals surface area contributed by atoms with E-state index < -0.39 is 0 Å². The van der Waals surface area contributed by atoms with E-state index >= 15 is 0 Å². The molecule has 5 nitrogen and oxygen atoms in total. The number of carbonyl (C=O) groups excluding carboxylic acids is 2. The lowest BCUT2D eigenvalue weighted by atomic mass is 9.71. The van der Waals surface area contributed by atoms with Gasteiger partial charge in [0.05, 0.1) is 18.7 Å². The fraction of sp³-hybridized carbons (Fsp3) is 0.579. The first-order chi connectivity index (χ1) is 11.7. The molecule has 1 aliphatic carbocycles. The molecule has 0 aromatic heterocycles. The Labute approximate surface area is 142 Å². The molecular weight excluding hydrogens is 304 g/mol. The van der Waals surface area contributed by atoms with E-state index in [0.29, 0.717) is 25.3 Å². The van der Waals surface area contributed by atoms with Crippen molar-refractivity contribution in [3.8, 4) is 0 Å². The largest absolute Gasteiger partial charge is 0.394 e. The monoisotopic (exact) mass is 328 g/mol. The van der Waals surface area contributed by atoms with Gasteiger partial charge in [0.2, 0.25) is 11.8 Å². The minimum Gasteiger partial charge on any atom is -0.394 e. The van der Waals surface area contributed by atoms with Crippen molar-refractivity contribution in [1.82, 2.24) is 4.90 Å². The minimum absolute atomic E-state index is 0.00111. The summed E-state index contributed by atoms with van der Waals surface area (Å²) in [4.78, 5) is 28.7. The Hall–Kier alpha value is -1.88. The smallest absolute Gasteiger partial charge is 0.226 e. The summed E-state index contributed by atoms with van der Waals surface area (Å²) in [5, 5.41) is 9.87. The van der Waals surface area contributed by atoms with Crippen molar-refractivity contribution < 1.29 is 14.7 Å². The lowest BCUT2D eigenvalue weighted by Crippen LogP contribution is -2.70. The van der Waals surface area contributed by atoms with E-state index in [4.69, 9.17) is 0 Å². The molecule has 2 amide bonds. The van der Waals surface area contributed by atoms with Crippen molar-refractivity contribution in [1.29, 1.82) is 0 Å². The second kappa shape index (κ2) is 5.88. The van der Waals surface area contributed by atoms with Gasteiger partial charge in [-0.2, -0.15) is 0 Å². The maximum atomic E-state index is 12.7. The second-order valence-corrected chi connectivity index (χ2v) is 7.21. The summed E-state index contributed by atoms with van der Waals surface area (Å²) in [5.74, 6) is 0.888. The summed E-state index contributed by atoms with van der Waals surface area (Å²) in [6.45, 7) is 2.39. The molecule has 0 radical (unpaired) electrons. The number of nitrogens with zero attached hydrogens (tertiary/aromatic N) is 2. The van der Waals surface area contributed by atoms with Crippen LogP contribution in [0.2, 0.25) is 0 Å². The van der Waals surface area contributed by atoms with Crippen LogP contribution in [0.5, 0.6) is 0 Å². The standard InChI is InChI=1S/C19H24N2O3/c1-2-17(23)20-10-15-19(13-5-3-4-6-14(13)20)16(11-22)21(15)18(24)9-12-7-8-12/h3-6,12,15-16,19,22H,2,7-11H2,1H3/t15-,16+,19+/m1/s1. The maximum absolute atomic E-state index is 12.7. The molecule has 3 aliphatic rings. The van der Waals surface area contributed by atoms with Gasteiger partial charge < -0.3 is 14.9 Å². The van der Waals surface area contributed by atoms with Crippen molar-refractivity contribution in [2.45, 2.75) is 50.6 Å². The van der Waals surface area contributed by atoms with Gasteiger partial charge in [-0.3, -0.25) is 9.59 Å². The first kappa shape index (κ1) is 15.6. The number of carbonyl (C=O) groups is 2. The molecular formula is C19H24N2O3. The van der Waals surface area contributed by atoms with E-state index in [1.54, 1.807) is 0 Å². The van der Waals surface area contributed by atoms with Crippen LogP contribution in [0.3, 0.4) is 0 Å². The molecule has 0 spiro atoms. The van der Waals surface area contributed by atoms with Gasteiger partial charge in [0.15, 0.2) is 0 Å². The predicted molar refractivity (Wildman–Crippen MR) is 90.7 cm³/mol. The Balaban J connectivity index is 1.66. The number of para-hydroxylation sites is 1. The highest BCUT2D eigenvalue weighted by molar-refractivity contribution is 5.95. The maximum Gasteiger partial charge on any atom is 0.226 e. The molecule has 2 fully saturated rings. The third-order valence-corrected chi connectivity index (χ3v) is 5.74. The Kier molecular flexibility index (Phi) is 3.83. The first-order valence-corrected chi connectivity index (χ1v) is 8.97. The van der Waals surface area contributed by atoms with E-state index in [2.05, 4.69) is 0 Å². The quantitative estimate of drug-likeness (QED) is 0.918. The van der Waals surface area contributed by atoms with Crippen LogP contribution in [0.4, 0.5) is 5.69 Å². The number of likely N-dealkylation sites (tertiary alicyclic amines) is 1. The van der Waals surface area contributed by atoms with Crippen molar-refractivity contribution in [3.05, 3.63) is 29.8 Å². The minimum atomic E-state index is -0.152. The van der Waals surface area contributed by atoms with Crippen LogP contribution in [-0.2, 0) is 9.59 Å². The molecule has 1 aromatic rings. The molecule has 24 heavy (non-hydrogen) atoms. The average Bonchev–Trinajstić information content (AvgIpc) is 3.38. The van der Waals surface area contributed by atoms with E-state index in [9.17, 15) is 14.7 Å². The zero-order chi connectivity index (χ0) is 16.8. The van der Waals surface area contributed by atoms with E-state index in [1.807, 2.05) is 41.0 Å². The number of aliphatic hydroxyl groups is 1. The molecule has 3 atom stereocenters. The van der Waals surface area contributed by atoms with Gasteiger partial charge in [0, 0.05) is 31.0 Å². The summed E-state index contributed by atoms with van der Waals surface area (Å²) in [5.41, 5.74) is 2.03. The van der Waals surface area contributed by atoms with Crippen LogP contribution >= 0.6 is 0 Å². The van der Waals surface area contributed by atoms with Crippen LogP contribution in [-0.4, -0.2) is 47.1 Å². The molecule has 128 valence electrons. The van der Waals surface area contributed by atoms with Gasteiger partial charge in [-0.1, -0.05) is 25.1 Å². The number of rotatable bonds is 4. The van der Waals surface area contributed by atoms with Gasteiger partial charge in [0.1, 0.15) is 0 Å². The molecule has 0 bridgehead atoms. The van der Waals surface area contributed by atoms with Gasteiger partial charge in [0.25, 0.3) is 0 Å². The highest BCUT2D eigenvalue weighted by atomic mass is 16.3. The van der Waals surface area contributed by atoms with Crippen LogP contribution in [0.25, 0.3) is 0 Å². The van der Waals surface area contributed by atoms with Crippen molar-refractivity contribution in [2.24, 2.45) is 5.92 Å². The van der Waals surface area contributed by atoms with Crippen molar-refractivity contribution in [3.63, 3.8) is 0 Å². The SMILES string of the molecule is CCC(=O)N1C[C@@H]2[C@H](c3ccccc31)[C@H](CO)N2C(=O)CC1CC1. The molecule has 2 heterocycles. The molecule has 4 rings (SSSR count). The van der Waals surface area contributed by atoms with Crippen LogP contribution < -0.4 is 4.90 Å².